The molecule has 0 heterocycles. The number of hydrogen-bond acceptors (Lipinski definition) is 3. The number of alkyl halides is 3. The van der Waals surface area contributed by atoms with E-state index in [4.69, 9.17) is 5.73 Å². The Hall–Kier alpha value is -0.830. The minimum atomic E-state index is -4.59. The molecule has 2 rings (SSSR count). The SMILES string of the molecule is Cc1ccc(C(F)(F)F)cc1S(=O)(=O)NC1(CN)CCCC1.Cl. The third-order valence-corrected chi connectivity index (χ3v) is 5.83. The van der Waals surface area contributed by atoms with Crippen molar-refractivity contribution in [1.29, 1.82) is 0 Å². The zero-order valence-corrected chi connectivity index (χ0v) is 14.2. The lowest BCUT2D eigenvalue weighted by molar-refractivity contribution is -0.137. The van der Waals surface area contributed by atoms with Gasteiger partial charge in [-0.2, -0.15) is 13.2 Å². The van der Waals surface area contributed by atoms with Crippen LogP contribution in [0.25, 0.3) is 0 Å². The van der Waals surface area contributed by atoms with Crippen LogP contribution in [0.15, 0.2) is 23.1 Å². The lowest BCUT2D eigenvalue weighted by Gasteiger charge is -2.28. The molecule has 0 aliphatic heterocycles. The molecule has 0 spiro atoms. The van der Waals surface area contributed by atoms with Gasteiger partial charge in [-0.3, -0.25) is 0 Å². The number of rotatable bonds is 4. The molecular weight excluding hydrogens is 353 g/mol. The monoisotopic (exact) mass is 372 g/mol. The maximum Gasteiger partial charge on any atom is 0.416 e. The van der Waals surface area contributed by atoms with E-state index in [2.05, 4.69) is 4.72 Å². The minimum absolute atomic E-state index is 0. The molecule has 0 atom stereocenters. The fraction of sp³-hybridized carbons (Fsp3) is 0.571. The van der Waals surface area contributed by atoms with E-state index in [0.717, 1.165) is 18.9 Å². The van der Waals surface area contributed by atoms with Gasteiger partial charge in [-0.15, -0.1) is 12.4 Å². The molecule has 1 aromatic rings. The summed E-state index contributed by atoms with van der Waals surface area (Å²) in [6, 6.07) is 2.72. The van der Waals surface area contributed by atoms with E-state index in [0.29, 0.717) is 18.9 Å². The first kappa shape index (κ1) is 20.2. The molecule has 1 fully saturated rings. The van der Waals surface area contributed by atoms with Crippen LogP contribution in [0.4, 0.5) is 13.2 Å². The molecule has 0 bridgehead atoms. The van der Waals surface area contributed by atoms with Gasteiger partial charge < -0.3 is 5.73 Å². The van der Waals surface area contributed by atoms with E-state index in [-0.39, 0.29) is 29.4 Å². The third kappa shape index (κ3) is 4.37. The standard InChI is InChI=1S/C14H19F3N2O2S.ClH/c1-10-4-5-11(14(15,16)17)8-12(10)22(20,21)19-13(9-18)6-2-3-7-13;/h4-5,8,19H,2-3,6-7,9,18H2,1H3;1H. The lowest BCUT2D eigenvalue weighted by atomic mass is 10.0. The summed E-state index contributed by atoms with van der Waals surface area (Å²) in [5.74, 6) is 0. The molecule has 0 saturated heterocycles. The molecular formula is C14H20ClF3N2O2S. The molecule has 0 unspecified atom stereocenters. The van der Waals surface area contributed by atoms with Crippen molar-refractivity contribution in [3.63, 3.8) is 0 Å². The fourth-order valence-electron chi connectivity index (χ4n) is 2.81. The van der Waals surface area contributed by atoms with Crippen LogP contribution in [-0.4, -0.2) is 20.5 Å². The molecule has 0 amide bonds. The van der Waals surface area contributed by atoms with Crippen LogP contribution in [0, 0.1) is 6.92 Å². The number of sulfonamides is 1. The van der Waals surface area contributed by atoms with Gasteiger partial charge >= 0.3 is 6.18 Å². The van der Waals surface area contributed by atoms with Crippen LogP contribution in [-0.2, 0) is 16.2 Å². The van der Waals surface area contributed by atoms with Crippen LogP contribution >= 0.6 is 12.4 Å². The van der Waals surface area contributed by atoms with Crippen molar-refractivity contribution in [3.05, 3.63) is 29.3 Å². The van der Waals surface area contributed by atoms with Crippen molar-refractivity contribution in [3.8, 4) is 0 Å². The van der Waals surface area contributed by atoms with Crippen LogP contribution in [0.5, 0.6) is 0 Å². The van der Waals surface area contributed by atoms with E-state index >= 15 is 0 Å². The number of aryl methyl sites for hydroxylation is 1. The Bertz CT molecular complexity index is 656. The fourth-order valence-corrected chi connectivity index (χ4v) is 4.55. The normalized spacial score (nSPS) is 17.8. The highest BCUT2D eigenvalue weighted by molar-refractivity contribution is 7.89. The predicted octanol–water partition coefficient (Wildman–Crippen LogP) is 2.99. The quantitative estimate of drug-likeness (QED) is 0.853. The van der Waals surface area contributed by atoms with Crippen molar-refractivity contribution in [2.75, 3.05) is 6.54 Å². The molecule has 4 nitrogen and oxygen atoms in total. The Morgan fingerprint density at radius 2 is 1.83 bits per heavy atom. The highest BCUT2D eigenvalue weighted by Gasteiger charge is 2.38. The van der Waals surface area contributed by atoms with Crippen molar-refractivity contribution >= 4 is 22.4 Å². The van der Waals surface area contributed by atoms with Gasteiger partial charge in [0.05, 0.1) is 10.5 Å². The second-order valence-corrected chi connectivity index (χ2v) is 7.43. The third-order valence-electron chi connectivity index (χ3n) is 4.11. The second-order valence-electron chi connectivity index (χ2n) is 5.78. The van der Waals surface area contributed by atoms with Crippen molar-refractivity contribution in [1.82, 2.24) is 4.72 Å². The van der Waals surface area contributed by atoms with Crippen LogP contribution < -0.4 is 10.5 Å². The zero-order valence-electron chi connectivity index (χ0n) is 12.6. The van der Waals surface area contributed by atoms with E-state index < -0.39 is 27.3 Å². The molecule has 3 N–H and O–H groups in total. The summed E-state index contributed by atoms with van der Waals surface area (Å²) in [6.07, 6.45) is -1.69. The molecule has 1 aliphatic rings. The van der Waals surface area contributed by atoms with Crippen molar-refractivity contribution in [2.45, 2.75) is 49.2 Å². The van der Waals surface area contributed by atoms with E-state index in [1.165, 1.54) is 13.0 Å². The average Bonchev–Trinajstić information content (AvgIpc) is 2.86. The van der Waals surface area contributed by atoms with E-state index in [1.807, 2.05) is 0 Å². The zero-order chi connectivity index (χ0) is 16.6. The summed E-state index contributed by atoms with van der Waals surface area (Å²) in [7, 11) is -4.06. The van der Waals surface area contributed by atoms with Crippen LogP contribution in [0.1, 0.15) is 36.8 Å². The Morgan fingerprint density at radius 3 is 2.30 bits per heavy atom. The highest BCUT2D eigenvalue weighted by Crippen LogP contribution is 2.34. The molecule has 0 aromatic heterocycles. The molecule has 132 valence electrons. The summed E-state index contributed by atoms with van der Waals surface area (Å²) in [4.78, 5) is -0.345. The first-order valence-corrected chi connectivity index (χ1v) is 8.50. The van der Waals surface area contributed by atoms with Gasteiger partial charge in [-0.25, -0.2) is 13.1 Å². The highest BCUT2D eigenvalue weighted by atomic mass is 35.5. The van der Waals surface area contributed by atoms with Gasteiger partial charge in [0, 0.05) is 12.1 Å². The van der Waals surface area contributed by atoms with E-state index in [9.17, 15) is 21.6 Å². The molecule has 23 heavy (non-hydrogen) atoms. The summed E-state index contributed by atoms with van der Waals surface area (Å²) >= 11 is 0. The van der Waals surface area contributed by atoms with Gasteiger partial charge in [0.2, 0.25) is 10.0 Å². The molecule has 0 radical (unpaired) electrons. The second kappa shape index (κ2) is 6.96. The lowest BCUT2D eigenvalue weighted by Crippen LogP contribution is -2.51. The Balaban J connectivity index is 0.00000264. The smallest absolute Gasteiger partial charge is 0.329 e. The van der Waals surface area contributed by atoms with E-state index in [1.54, 1.807) is 0 Å². The van der Waals surface area contributed by atoms with Crippen LogP contribution in [0.2, 0.25) is 0 Å². The summed E-state index contributed by atoms with van der Waals surface area (Å²) < 4.78 is 66.0. The molecule has 1 aliphatic carbocycles. The number of halogens is 4. The van der Waals surface area contributed by atoms with Crippen molar-refractivity contribution < 1.29 is 21.6 Å². The number of nitrogens with one attached hydrogen (secondary N) is 1. The first-order valence-electron chi connectivity index (χ1n) is 7.02. The van der Waals surface area contributed by atoms with Crippen molar-refractivity contribution in [2.24, 2.45) is 5.73 Å². The Labute approximate surface area is 140 Å². The number of nitrogens with two attached hydrogens (primary N) is 1. The molecule has 9 heteroatoms. The topological polar surface area (TPSA) is 72.2 Å². The molecule has 1 aromatic carbocycles. The summed E-state index contributed by atoms with van der Waals surface area (Å²) in [5, 5.41) is 0. The largest absolute Gasteiger partial charge is 0.416 e. The Kier molecular flexibility index (Phi) is 6.12. The minimum Gasteiger partial charge on any atom is -0.329 e. The van der Waals surface area contributed by atoms with Gasteiger partial charge in [0.1, 0.15) is 0 Å². The predicted molar refractivity (Wildman–Crippen MR) is 84.0 cm³/mol. The summed E-state index contributed by atoms with van der Waals surface area (Å²) in [6.45, 7) is 1.60. The van der Waals surface area contributed by atoms with Gasteiger partial charge in [0.15, 0.2) is 0 Å². The maximum absolute atomic E-state index is 12.8. The van der Waals surface area contributed by atoms with Gasteiger partial charge in [-0.05, 0) is 37.5 Å². The summed E-state index contributed by atoms with van der Waals surface area (Å²) in [5.41, 5.74) is 4.22. The number of hydrogen-bond donors (Lipinski definition) is 2. The average molecular weight is 373 g/mol. The maximum atomic E-state index is 12.8. The van der Waals surface area contributed by atoms with Gasteiger partial charge in [-0.1, -0.05) is 18.9 Å². The van der Waals surface area contributed by atoms with Gasteiger partial charge in [0.25, 0.3) is 0 Å². The Morgan fingerprint density at radius 1 is 1.26 bits per heavy atom. The van der Waals surface area contributed by atoms with Crippen LogP contribution in [0.3, 0.4) is 0 Å². The molecule has 1 saturated carbocycles. The first-order chi connectivity index (χ1) is 10.1. The number of benzene rings is 1.